The molecule has 0 spiro atoms. The molecule has 1 amide bonds. The summed E-state index contributed by atoms with van der Waals surface area (Å²) >= 11 is 0. The van der Waals surface area contributed by atoms with Gasteiger partial charge in [-0.2, -0.15) is 13.8 Å². The van der Waals surface area contributed by atoms with Crippen LogP contribution >= 0.6 is 7.67 Å². The number of amides is 1. The molecule has 6 N–H and O–H groups in total. The third-order valence-corrected chi connectivity index (χ3v) is 5.62. The van der Waals surface area contributed by atoms with Gasteiger partial charge in [-0.3, -0.25) is 13.9 Å². The Labute approximate surface area is 177 Å². The minimum absolute atomic E-state index is 0.0399. The first-order valence-electron chi connectivity index (χ1n) is 9.38. The summed E-state index contributed by atoms with van der Waals surface area (Å²) in [6, 6.07) is 0.281. The van der Waals surface area contributed by atoms with Gasteiger partial charge in [-0.25, -0.2) is 15.4 Å². The number of nitrogens with two attached hydrogens (primary N) is 1. The third kappa shape index (κ3) is 6.05. The van der Waals surface area contributed by atoms with Crippen LogP contribution in [0.5, 0.6) is 0 Å². The number of ether oxygens (including phenoxy) is 1. The number of aromatic nitrogens is 2. The van der Waals surface area contributed by atoms with Crippen LogP contribution in [0.1, 0.15) is 27.0 Å². The largest absolute Gasteiger partial charge is 0.384 e. The van der Waals surface area contributed by atoms with Crippen LogP contribution in [0.2, 0.25) is 0 Å². The van der Waals surface area contributed by atoms with Crippen molar-refractivity contribution >= 4 is 19.4 Å². The summed E-state index contributed by atoms with van der Waals surface area (Å²) in [6.45, 7) is 4.19. The van der Waals surface area contributed by atoms with Crippen molar-refractivity contribution in [1.29, 1.82) is 0 Å². The molecule has 0 radical (unpaired) electrons. The summed E-state index contributed by atoms with van der Waals surface area (Å²) in [5.41, 5.74) is 4.45. The van der Waals surface area contributed by atoms with E-state index in [1.807, 2.05) is 13.8 Å². The van der Waals surface area contributed by atoms with Crippen LogP contribution in [-0.4, -0.2) is 64.4 Å². The van der Waals surface area contributed by atoms with Gasteiger partial charge in [-0.1, -0.05) is 0 Å². The molecule has 2 heterocycles. The maximum Gasteiger partial charge on any atom is 0.351 e. The molecule has 1 aliphatic rings. The van der Waals surface area contributed by atoms with E-state index in [0.717, 1.165) is 6.20 Å². The van der Waals surface area contributed by atoms with E-state index in [0.29, 0.717) is 4.57 Å². The van der Waals surface area contributed by atoms with E-state index >= 15 is 0 Å². The first-order valence-corrected chi connectivity index (χ1v) is 11.1. The van der Waals surface area contributed by atoms with E-state index in [2.05, 4.69) is 20.7 Å². The number of rotatable bonds is 9. The Kier molecular flexibility index (Phi) is 7.89. The summed E-state index contributed by atoms with van der Waals surface area (Å²) in [5.74, 6) is -4.22. The van der Waals surface area contributed by atoms with Gasteiger partial charge in [0.15, 0.2) is 6.10 Å². The van der Waals surface area contributed by atoms with E-state index in [4.69, 9.17) is 14.8 Å². The normalized spacial score (nSPS) is 25.8. The number of hydrogen-bond acceptors (Lipinski definition) is 8. The van der Waals surface area contributed by atoms with Crippen molar-refractivity contribution < 1.29 is 32.5 Å². The summed E-state index contributed by atoms with van der Waals surface area (Å²) in [4.78, 5) is 27.4. The van der Waals surface area contributed by atoms with Crippen LogP contribution < -0.4 is 26.9 Å². The Hall–Kier alpha value is -1.96. The van der Waals surface area contributed by atoms with E-state index < -0.39 is 56.3 Å². The molecule has 15 heteroatoms. The fourth-order valence-corrected chi connectivity index (χ4v) is 3.94. The van der Waals surface area contributed by atoms with Gasteiger partial charge in [0.05, 0.1) is 12.6 Å². The molecule has 3 unspecified atom stereocenters. The average Bonchev–Trinajstić information content (AvgIpc) is 2.88. The number of carbonyl (C=O) groups is 1. The molecule has 2 rings (SSSR count). The maximum absolute atomic E-state index is 14.6. The van der Waals surface area contributed by atoms with Gasteiger partial charge in [0.2, 0.25) is 12.1 Å². The minimum Gasteiger partial charge on any atom is -0.384 e. The number of nitrogens with zero attached hydrogens (tertiary/aromatic N) is 2. The molecule has 0 bridgehead atoms. The van der Waals surface area contributed by atoms with Gasteiger partial charge in [0, 0.05) is 19.3 Å². The van der Waals surface area contributed by atoms with Gasteiger partial charge in [0.25, 0.3) is 0 Å². The van der Waals surface area contributed by atoms with E-state index in [-0.39, 0.29) is 11.9 Å². The van der Waals surface area contributed by atoms with E-state index in [1.54, 1.807) is 0 Å². The minimum atomic E-state index is -4.09. The molecule has 5 atom stereocenters. The molecule has 0 aliphatic carbocycles. The summed E-state index contributed by atoms with van der Waals surface area (Å²) in [5, 5.41) is 17.4. The van der Waals surface area contributed by atoms with Crippen LogP contribution in [-0.2, 0) is 18.6 Å². The van der Waals surface area contributed by atoms with E-state index in [9.17, 15) is 28.0 Å². The summed E-state index contributed by atoms with van der Waals surface area (Å²) in [7, 11) is -2.74. The lowest BCUT2D eigenvalue weighted by Gasteiger charge is -2.21. The van der Waals surface area contributed by atoms with E-state index in [1.165, 1.54) is 20.0 Å². The average molecular weight is 468 g/mol. The quantitative estimate of drug-likeness (QED) is 0.305. The molecule has 12 nitrogen and oxygen atoms in total. The number of nitrogens with one attached hydrogen (secondary N) is 3. The van der Waals surface area contributed by atoms with Crippen LogP contribution in [0.25, 0.3) is 0 Å². The van der Waals surface area contributed by atoms with Crippen LogP contribution in [0.4, 0.5) is 14.6 Å². The van der Waals surface area contributed by atoms with Gasteiger partial charge >= 0.3 is 19.3 Å². The van der Waals surface area contributed by atoms with Crippen molar-refractivity contribution in [3.63, 3.8) is 0 Å². The topological polar surface area (TPSA) is 170 Å². The Morgan fingerprint density at radius 2 is 2.13 bits per heavy atom. The zero-order valence-corrected chi connectivity index (χ0v) is 18.3. The number of likely N-dealkylation sites (N-methyl/N-ethyl adjacent to an activating group) is 1. The lowest BCUT2D eigenvalue weighted by Crippen LogP contribution is -2.43. The van der Waals surface area contributed by atoms with Crippen molar-refractivity contribution in [1.82, 2.24) is 20.0 Å². The zero-order valence-electron chi connectivity index (χ0n) is 17.4. The summed E-state index contributed by atoms with van der Waals surface area (Å²) in [6.07, 6.45) is -5.14. The number of alkyl halides is 2. The molecule has 176 valence electrons. The van der Waals surface area contributed by atoms with Crippen molar-refractivity contribution in [2.45, 2.75) is 57.2 Å². The van der Waals surface area contributed by atoms with Gasteiger partial charge < -0.3 is 25.0 Å². The van der Waals surface area contributed by atoms with Crippen LogP contribution in [0, 0.1) is 0 Å². The second-order valence-electron chi connectivity index (χ2n) is 7.31. The van der Waals surface area contributed by atoms with Gasteiger partial charge in [-0.05, 0) is 26.8 Å². The molecule has 1 aliphatic heterocycles. The highest BCUT2D eigenvalue weighted by Crippen LogP contribution is 2.44. The van der Waals surface area contributed by atoms with Gasteiger partial charge in [0.1, 0.15) is 11.9 Å². The van der Waals surface area contributed by atoms with Crippen LogP contribution in [0.3, 0.4) is 0 Å². The number of hydrogen-bond donors (Lipinski definition) is 5. The summed E-state index contributed by atoms with van der Waals surface area (Å²) < 4.78 is 52.1. The predicted molar refractivity (Wildman–Crippen MR) is 107 cm³/mol. The van der Waals surface area contributed by atoms with Crippen molar-refractivity contribution in [3.05, 3.63) is 22.7 Å². The Bertz CT molecular complexity index is 900. The molecule has 1 aromatic rings. The second-order valence-corrected chi connectivity index (χ2v) is 9.02. The Morgan fingerprint density at radius 3 is 2.68 bits per heavy atom. The maximum atomic E-state index is 14.6. The van der Waals surface area contributed by atoms with Crippen molar-refractivity contribution in [2.24, 2.45) is 5.50 Å². The molecule has 1 aromatic heterocycles. The Morgan fingerprint density at radius 1 is 1.48 bits per heavy atom. The number of aliphatic hydroxyl groups excluding tert-OH is 1. The fourth-order valence-electron chi connectivity index (χ4n) is 2.84. The lowest BCUT2D eigenvalue weighted by molar-refractivity contribution is -0.140. The highest BCUT2D eigenvalue weighted by atomic mass is 31.2. The fraction of sp³-hybridized carbons (Fsp3) is 0.688. The molecule has 0 saturated carbocycles. The number of halogens is 2. The molecular formula is C16H27F2N6O6P. The van der Waals surface area contributed by atoms with Crippen molar-refractivity contribution in [3.8, 4) is 0 Å². The van der Waals surface area contributed by atoms with Gasteiger partial charge in [-0.15, -0.1) is 0 Å². The predicted octanol–water partition coefficient (Wildman–Crippen LogP) is -0.235. The SMILES string of the molecule is CNC(=O)[C@H](C)NP(N)(=O)OCC1OC(n2ccc(NC(C)C)nc2=O)C(F)(F)[C@@H]1O. The Balaban J connectivity index is 2.12. The standard InChI is InChI=1S/C16H27F2N6O6P/c1-8(2)21-11-5-6-24(15(27)22-11)14-16(17,18)12(25)10(30-14)7-29-31(19,28)23-9(3)13(26)20-4/h5-6,8-10,12,14,25H,7H2,1-4H3,(H,20,26)(H3,19,23,28)(H,21,22,27)/t9-,10?,12+,14?,31?/m0/s1. The molecular weight excluding hydrogens is 441 g/mol. The first-order chi connectivity index (χ1) is 14.3. The molecule has 0 aromatic carbocycles. The molecule has 1 saturated heterocycles. The zero-order chi connectivity index (χ0) is 23.6. The molecule has 1 fully saturated rings. The monoisotopic (exact) mass is 468 g/mol. The highest BCUT2D eigenvalue weighted by Gasteiger charge is 2.60. The lowest BCUT2D eigenvalue weighted by atomic mass is 10.1. The first kappa shape index (κ1) is 25.3. The van der Waals surface area contributed by atoms with Crippen molar-refractivity contribution in [2.75, 3.05) is 19.0 Å². The second kappa shape index (κ2) is 9.67. The highest BCUT2D eigenvalue weighted by molar-refractivity contribution is 7.54. The third-order valence-electron chi connectivity index (χ3n) is 4.34. The number of carbonyl (C=O) groups excluding carboxylic acids is 1. The number of anilines is 1. The van der Waals surface area contributed by atoms with Crippen LogP contribution in [0.15, 0.2) is 17.1 Å². The molecule has 31 heavy (non-hydrogen) atoms. The number of aliphatic hydroxyl groups is 1. The smallest absolute Gasteiger partial charge is 0.351 e.